The normalized spacial score (nSPS) is 15.8. The fourth-order valence-electron chi connectivity index (χ4n) is 2.08. The van der Waals surface area contributed by atoms with Gasteiger partial charge in [-0.1, -0.05) is 51.4 Å². The van der Waals surface area contributed by atoms with Crippen molar-refractivity contribution in [3.05, 3.63) is 74.1 Å². The number of hydrogen-bond acceptors (Lipinski definition) is 4. The number of nitrogens with one attached hydrogen (secondary N) is 1. The molecule has 0 aliphatic carbocycles. The molecule has 0 unspecified atom stereocenters. The van der Waals surface area contributed by atoms with Crippen LogP contribution in [0.3, 0.4) is 0 Å². The standard InChI is InChI=1S/C17H10BrClN2O2S2/c18-12-3-1-2-10(8-12)9-14-16(23)21(17(24)25-14)20-15(22)11-4-6-13(19)7-5-11/h1-9H,(H,20,22). The minimum absolute atomic E-state index is 0.272. The van der Waals surface area contributed by atoms with Crippen LogP contribution in [0.15, 0.2) is 57.9 Å². The smallest absolute Gasteiger partial charge is 0.267 e. The molecule has 8 heteroatoms. The second-order valence-corrected chi connectivity index (χ2v) is 8.05. The minimum atomic E-state index is -0.434. The summed E-state index contributed by atoms with van der Waals surface area (Å²) in [4.78, 5) is 25.2. The van der Waals surface area contributed by atoms with E-state index in [1.807, 2.05) is 24.3 Å². The van der Waals surface area contributed by atoms with Gasteiger partial charge in [-0.3, -0.25) is 15.0 Å². The summed E-state index contributed by atoms with van der Waals surface area (Å²) in [7, 11) is 0. The third kappa shape index (κ3) is 4.30. The average Bonchev–Trinajstić information content (AvgIpc) is 2.83. The van der Waals surface area contributed by atoms with E-state index in [0.717, 1.165) is 26.8 Å². The minimum Gasteiger partial charge on any atom is -0.267 e. The number of rotatable bonds is 3. The van der Waals surface area contributed by atoms with Crippen molar-refractivity contribution >= 4 is 73.7 Å². The predicted molar refractivity (Wildman–Crippen MR) is 108 cm³/mol. The number of halogens is 2. The molecular formula is C17H10BrClN2O2S2. The van der Waals surface area contributed by atoms with Gasteiger partial charge in [0.05, 0.1) is 4.91 Å². The Balaban J connectivity index is 1.77. The zero-order valence-electron chi connectivity index (χ0n) is 12.5. The van der Waals surface area contributed by atoms with Crippen LogP contribution in [0.5, 0.6) is 0 Å². The molecule has 3 rings (SSSR count). The van der Waals surface area contributed by atoms with Gasteiger partial charge in [-0.2, -0.15) is 5.01 Å². The highest BCUT2D eigenvalue weighted by molar-refractivity contribution is 9.10. The van der Waals surface area contributed by atoms with E-state index in [4.69, 9.17) is 23.8 Å². The van der Waals surface area contributed by atoms with E-state index in [9.17, 15) is 9.59 Å². The van der Waals surface area contributed by atoms with Crippen LogP contribution in [0.25, 0.3) is 6.08 Å². The van der Waals surface area contributed by atoms with E-state index < -0.39 is 5.91 Å². The monoisotopic (exact) mass is 452 g/mol. The van der Waals surface area contributed by atoms with Gasteiger partial charge in [0.2, 0.25) is 0 Å². The molecule has 126 valence electrons. The first-order valence-electron chi connectivity index (χ1n) is 7.04. The van der Waals surface area contributed by atoms with E-state index in [2.05, 4.69) is 21.4 Å². The summed E-state index contributed by atoms with van der Waals surface area (Å²) >= 11 is 15.5. The van der Waals surface area contributed by atoms with Crippen LogP contribution in [-0.4, -0.2) is 21.1 Å². The lowest BCUT2D eigenvalue weighted by Crippen LogP contribution is -2.44. The highest BCUT2D eigenvalue weighted by Gasteiger charge is 2.33. The summed E-state index contributed by atoms with van der Waals surface area (Å²) in [6, 6.07) is 13.9. The van der Waals surface area contributed by atoms with E-state index in [1.54, 1.807) is 30.3 Å². The topological polar surface area (TPSA) is 49.4 Å². The number of thiocarbonyl (C=S) groups is 1. The maximum absolute atomic E-state index is 12.5. The SMILES string of the molecule is O=C(NN1C(=O)C(=Cc2cccc(Br)c2)SC1=S)c1ccc(Cl)cc1. The molecule has 0 atom stereocenters. The Kier molecular flexibility index (Phi) is 5.58. The molecule has 2 aromatic rings. The van der Waals surface area contributed by atoms with Crippen LogP contribution >= 0.6 is 51.5 Å². The van der Waals surface area contributed by atoms with Gasteiger partial charge in [-0.25, -0.2) is 0 Å². The predicted octanol–water partition coefficient (Wildman–Crippen LogP) is 4.65. The van der Waals surface area contributed by atoms with Crippen LogP contribution in [0.4, 0.5) is 0 Å². The third-order valence-corrected chi connectivity index (χ3v) is 5.31. The first kappa shape index (κ1) is 18.1. The van der Waals surface area contributed by atoms with E-state index in [-0.39, 0.29) is 10.2 Å². The Morgan fingerprint density at radius 2 is 1.96 bits per heavy atom. The molecule has 1 fully saturated rings. The first-order valence-corrected chi connectivity index (χ1v) is 9.44. The lowest BCUT2D eigenvalue weighted by atomic mass is 10.2. The van der Waals surface area contributed by atoms with Crippen molar-refractivity contribution in [2.24, 2.45) is 0 Å². The highest BCUT2D eigenvalue weighted by atomic mass is 79.9. The van der Waals surface area contributed by atoms with Gasteiger partial charge in [-0.15, -0.1) is 0 Å². The Labute approximate surface area is 167 Å². The number of nitrogens with zero attached hydrogens (tertiary/aromatic N) is 1. The summed E-state index contributed by atoms with van der Waals surface area (Å²) in [6.45, 7) is 0. The van der Waals surface area contributed by atoms with Crippen molar-refractivity contribution in [2.75, 3.05) is 0 Å². The van der Waals surface area contributed by atoms with Gasteiger partial charge in [0.15, 0.2) is 4.32 Å². The summed E-state index contributed by atoms with van der Waals surface area (Å²) in [5, 5.41) is 1.61. The molecule has 0 saturated carbocycles. The lowest BCUT2D eigenvalue weighted by Gasteiger charge is -2.15. The molecule has 2 amide bonds. The Morgan fingerprint density at radius 1 is 1.24 bits per heavy atom. The fraction of sp³-hybridized carbons (Fsp3) is 0. The molecule has 4 nitrogen and oxygen atoms in total. The van der Waals surface area contributed by atoms with Gasteiger partial charge in [0, 0.05) is 15.1 Å². The zero-order chi connectivity index (χ0) is 18.0. The Morgan fingerprint density at radius 3 is 2.64 bits per heavy atom. The van der Waals surface area contributed by atoms with Crippen molar-refractivity contribution in [3.63, 3.8) is 0 Å². The summed E-state index contributed by atoms with van der Waals surface area (Å²) in [5.74, 6) is -0.797. The van der Waals surface area contributed by atoms with Crippen molar-refractivity contribution in [2.45, 2.75) is 0 Å². The first-order chi connectivity index (χ1) is 11.9. The van der Waals surface area contributed by atoms with Crippen molar-refractivity contribution in [3.8, 4) is 0 Å². The molecule has 1 aliphatic heterocycles. The van der Waals surface area contributed by atoms with Gasteiger partial charge in [0.25, 0.3) is 11.8 Å². The van der Waals surface area contributed by atoms with Crippen molar-refractivity contribution < 1.29 is 9.59 Å². The molecule has 0 spiro atoms. The van der Waals surface area contributed by atoms with Crippen LogP contribution in [0, 0.1) is 0 Å². The molecule has 1 aliphatic rings. The van der Waals surface area contributed by atoms with Crippen LogP contribution in [-0.2, 0) is 4.79 Å². The Hall–Kier alpha value is -1.67. The molecule has 1 saturated heterocycles. The van der Waals surface area contributed by atoms with E-state index in [1.165, 1.54) is 0 Å². The molecule has 2 aromatic carbocycles. The van der Waals surface area contributed by atoms with Crippen LogP contribution in [0.2, 0.25) is 5.02 Å². The number of hydrogen-bond donors (Lipinski definition) is 1. The number of benzene rings is 2. The number of carbonyl (C=O) groups excluding carboxylic acids is 2. The maximum atomic E-state index is 12.5. The summed E-state index contributed by atoms with van der Waals surface area (Å²) in [6.07, 6.45) is 1.73. The van der Waals surface area contributed by atoms with Crippen LogP contribution in [0.1, 0.15) is 15.9 Å². The van der Waals surface area contributed by atoms with Crippen molar-refractivity contribution in [1.29, 1.82) is 0 Å². The number of amides is 2. The number of carbonyl (C=O) groups is 2. The van der Waals surface area contributed by atoms with E-state index >= 15 is 0 Å². The number of thioether (sulfide) groups is 1. The molecule has 25 heavy (non-hydrogen) atoms. The van der Waals surface area contributed by atoms with Gasteiger partial charge < -0.3 is 0 Å². The fourth-order valence-corrected chi connectivity index (χ4v) is 3.80. The maximum Gasteiger partial charge on any atom is 0.285 e. The molecule has 0 radical (unpaired) electrons. The molecule has 0 bridgehead atoms. The van der Waals surface area contributed by atoms with Crippen molar-refractivity contribution in [1.82, 2.24) is 10.4 Å². The van der Waals surface area contributed by atoms with E-state index in [0.29, 0.717) is 15.5 Å². The Bertz CT molecular complexity index is 900. The quantitative estimate of drug-likeness (QED) is 0.543. The summed E-state index contributed by atoms with van der Waals surface area (Å²) in [5.41, 5.74) is 3.77. The second-order valence-electron chi connectivity index (χ2n) is 5.02. The van der Waals surface area contributed by atoms with Gasteiger partial charge >= 0.3 is 0 Å². The lowest BCUT2D eigenvalue weighted by molar-refractivity contribution is -0.123. The molecular weight excluding hydrogens is 444 g/mol. The number of hydrazine groups is 1. The molecule has 0 aromatic heterocycles. The van der Waals surface area contributed by atoms with Gasteiger partial charge in [0.1, 0.15) is 0 Å². The van der Waals surface area contributed by atoms with Crippen LogP contribution < -0.4 is 5.43 Å². The highest BCUT2D eigenvalue weighted by Crippen LogP contribution is 2.31. The molecule has 1 heterocycles. The van der Waals surface area contributed by atoms with Gasteiger partial charge in [-0.05, 0) is 60.3 Å². The molecule has 1 N–H and O–H groups in total. The summed E-state index contributed by atoms with van der Waals surface area (Å²) < 4.78 is 1.18. The average molecular weight is 454 g/mol. The largest absolute Gasteiger partial charge is 0.285 e. The third-order valence-electron chi connectivity index (χ3n) is 3.26. The second kappa shape index (κ2) is 7.70. The zero-order valence-corrected chi connectivity index (χ0v) is 16.5.